The maximum atomic E-state index is 10.2. The van der Waals surface area contributed by atoms with E-state index in [0.29, 0.717) is 18.2 Å². The number of phenolic OH excluding ortho intramolecular Hbond substituents is 1. The molecular formula is C35H39N3O. The van der Waals surface area contributed by atoms with E-state index in [1.54, 1.807) is 6.07 Å². The molecule has 0 aromatic heterocycles. The lowest BCUT2D eigenvalue weighted by molar-refractivity contribution is 0.477. The topological polar surface area (TPSA) is 71.0 Å². The number of hydrogen-bond acceptors (Lipinski definition) is 2. The van der Waals surface area contributed by atoms with Crippen molar-refractivity contribution in [1.29, 1.82) is 0 Å². The van der Waals surface area contributed by atoms with E-state index in [4.69, 9.17) is 15.7 Å². The molecular weight excluding hydrogens is 478 g/mol. The van der Waals surface area contributed by atoms with Crippen molar-refractivity contribution in [1.82, 2.24) is 0 Å². The van der Waals surface area contributed by atoms with Gasteiger partial charge < -0.3 is 10.8 Å². The van der Waals surface area contributed by atoms with Crippen LogP contribution >= 0.6 is 0 Å². The Labute approximate surface area is 233 Å². The average molecular weight is 518 g/mol. The van der Waals surface area contributed by atoms with Gasteiger partial charge in [0, 0.05) is 16.7 Å². The van der Waals surface area contributed by atoms with Crippen LogP contribution in [-0.4, -0.2) is 16.8 Å². The van der Waals surface area contributed by atoms with Crippen LogP contribution in [0.3, 0.4) is 0 Å². The first-order valence-electron chi connectivity index (χ1n) is 13.4. The summed E-state index contributed by atoms with van der Waals surface area (Å²) >= 11 is 0. The van der Waals surface area contributed by atoms with Crippen molar-refractivity contribution in [3.63, 3.8) is 0 Å². The van der Waals surface area contributed by atoms with Crippen LogP contribution in [0.25, 0.3) is 11.1 Å². The lowest BCUT2D eigenvalue weighted by Gasteiger charge is -2.19. The van der Waals surface area contributed by atoms with Crippen molar-refractivity contribution in [2.24, 2.45) is 15.7 Å². The molecule has 0 aliphatic carbocycles. The van der Waals surface area contributed by atoms with E-state index in [0.717, 1.165) is 27.8 Å². The summed E-state index contributed by atoms with van der Waals surface area (Å²) in [5.41, 5.74) is 13.7. The second-order valence-corrected chi connectivity index (χ2v) is 12.0. The molecule has 0 fully saturated rings. The summed E-state index contributed by atoms with van der Waals surface area (Å²) in [6.45, 7) is 13.6. The molecule has 200 valence electrons. The fourth-order valence-electron chi connectivity index (χ4n) is 4.30. The van der Waals surface area contributed by atoms with Crippen molar-refractivity contribution >= 4 is 11.7 Å². The second kappa shape index (κ2) is 11.3. The summed E-state index contributed by atoms with van der Waals surface area (Å²) in [5, 5.41) is 10.2. The number of rotatable bonds is 5. The highest BCUT2D eigenvalue weighted by molar-refractivity contribution is 6.11. The van der Waals surface area contributed by atoms with Crippen LogP contribution < -0.4 is 5.73 Å². The fourth-order valence-corrected chi connectivity index (χ4v) is 4.30. The number of nitrogens with two attached hydrogens (primary N) is 1. The van der Waals surface area contributed by atoms with Gasteiger partial charge in [0.2, 0.25) is 0 Å². The number of nitrogens with zero attached hydrogens (tertiary/aromatic N) is 2. The summed E-state index contributed by atoms with van der Waals surface area (Å²) < 4.78 is 0. The van der Waals surface area contributed by atoms with E-state index >= 15 is 0 Å². The summed E-state index contributed by atoms with van der Waals surface area (Å²) in [7, 11) is 0. The molecule has 0 atom stereocenters. The number of benzene rings is 4. The quantitative estimate of drug-likeness (QED) is 0.208. The van der Waals surface area contributed by atoms with Crippen molar-refractivity contribution in [3.8, 4) is 16.9 Å². The molecule has 4 rings (SSSR count). The number of hydrogen-bond donors (Lipinski definition) is 2. The molecule has 0 spiro atoms. The molecule has 0 unspecified atom stereocenters. The maximum Gasteiger partial charge on any atom is 0.157 e. The SMILES string of the molecule is CC(C)(C)c1ccc(C(N)=NC(=NCc2ccc(-c3ccccc3O)cc2)c2ccc(C(C)(C)C)cc2)cc1. The van der Waals surface area contributed by atoms with Crippen molar-refractivity contribution in [2.45, 2.75) is 58.9 Å². The maximum absolute atomic E-state index is 10.2. The Morgan fingerprint density at radius 1 is 0.667 bits per heavy atom. The van der Waals surface area contributed by atoms with Gasteiger partial charge in [0.25, 0.3) is 0 Å². The molecule has 0 aliphatic rings. The van der Waals surface area contributed by atoms with Crippen LogP contribution in [0.15, 0.2) is 107 Å². The van der Waals surface area contributed by atoms with Gasteiger partial charge in [-0.25, -0.2) is 4.99 Å². The van der Waals surface area contributed by atoms with Crippen LogP contribution in [-0.2, 0) is 17.4 Å². The van der Waals surface area contributed by atoms with E-state index in [-0.39, 0.29) is 16.6 Å². The fraction of sp³-hybridized carbons (Fsp3) is 0.257. The Hall–Kier alpha value is -4.18. The Bertz CT molecular complexity index is 1470. The van der Waals surface area contributed by atoms with Gasteiger partial charge in [-0.05, 0) is 39.2 Å². The van der Waals surface area contributed by atoms with Gasteiger partial charge in [-0.1, -0.05) is 133 Å². The van der Waals surface area contributed by atoms with Gasteiger partial charge in [-0.3, -0.25) is 4.99 Å². The first-order valence-corrected chi connectivity index (χ1v) is 13.4. The normalized spacial score (nSPS) is 13.0. The van der Waals surface area contributed by atoms with E-state index in [9.17, 15) is 5.11 Å². The predicted molar refractivity (Wildman–Crippen MR) is 165 cm³/mol. The summed E-state index contributed by atoms with van der Waals surface area (Å²) in [4.78, 5) is 9.70. The molecule has 4 nitrogen and oxygen atoms in total. The van der Waals surface area contributed by atoms with E-state index in [1.807, 2.05) is 54.6 Å². The van der Waals surface area contributed by atoms with Gasteiger partial charge in [0.15, 0.2) is 5.84 Å². The lowest BCUT2D eigenvalue weighted by atomic mass is 9.86. The van der Waals surface area contributed by atoms with Gasteiger partial charge in [-0.2, -0.15) is 0 Å². The molecule has 4 aromatic rings. The second-order valence-electron chi connectivity index (χ2n) is 12.0. The highest BCUT2D eigenvalue weighted by Crippen LogP contribution is 2.29. The van der Waals surface area contributed by atoms with Crippen molar-refractivity contribution in [2.75, 3.05) is 0 Å². The van der Waals surface area contributed by atoms with Crippen LogP contribution in [0.4, 0.5) is 0 Å². The zero-order chi connectivity index (χ0) is 28.2. The minimum atomic E-state index is 0.0574. The molecule has 0 bridgehead atoms. The molecule has 0 aliphatic heterocycles. The predicted octanol–water partition coefficient (Wildman–Crippen LogP) is 8.01. The molecule has 0 amide bonds. The molecule has 0 radical (unpaired) electrons. The highest BCUT2D eigenvalue weighted by atomic mass is 16.3. The minimum absolute atomic E-state index is 0.0574. The number of amidine groups is 2. The van der Waals surface area contributed by atoms with Crippen LogP contribution in [0.5, 0.6) is 5.75 Å². The number of para-hydroxylation sites is 1. The van der Waals surface area contributed by atoms with E-state index < -0.39 is 0 Å². The lowest BCUT2D eigenvalue weighted by Crippen LogP contribution is -2.18. The van der Waals surface area contributed by atoms with Crippen molar-refractivity contribution in [3.05, 3.63) is 125 Å². The van der Waals surface area contributed by atoms with Crippen molar-refractivity contribution < 1.29 is 5.11 Å². The zero-order valence-corrected chi connectivity index (χ0v) is 23.9. The standard InChI is InChI=1S/C35H39N3O/c1-34(2,3)28-19-15-26(16-20-28)32(36)38-33(27-17-21-29(22-18-27)35(4,5)6)37-23-24-11-13-25(14-12-24)30-9-7-8-10-31(30)39/h7-22,39H,23H2,1-6H3,(H2,36,37,38). The molecule has 3 N–H and O–H groups in total. The summed E-state index contributed by atoms with van der Waals surface area (Å²) in [6.07, 6.45) is 0. The first-order chi connectivity index (χ1) is 18.4. The molecule has 0 saturated carbocycles. The highest BCUT2D eigenvalue weighted by Gasteiger charge is 2.15. The molecule has 4 aromatic carbocycles. The zero-order valence-electron chi connectivity index (χ0n) is 23.9. The Kier molecular flexibility index (Phi) is 8.06. The summed E-state index contributed by atoms with van der Waals surface area (Å²) in [5.74, 6) is 1.30. The first kappa shape index (κ1) is 27.8. The monoisotopic (exact) mass is 517 g/mol. The molecule has 4 heteroatoms. The Morgan fingerprint density at radius 3 is 1.69 bits per heavy atom. The van der Waals surface area contributed by atoms with E-state index in [1.165, 1.54) is 11.1 Å². The molecule has 39 heavy (non-hydrogen) atoms. The largest absolute Gasteiger partial charge is 0.507 e. The molecule has 0 heterocycles. The van der Waals surface area contributed by atoms with Crippen LogP contribution in [0, 0.1) is 0 Å². The third kappa shape index (κ3) is 7.02. The van der Waals surface area contributed by atoms with Gasteiger partial charge in [0.05, 0.1) is 6.54 Å². The van der Waals surface area contributed by atoms with Gasteiger partial charge >= 0.3 is 0 Å². The third-order valence-corrected chi connectivity index (χ3v) is 6.86. The van der Waals surface area contributed by atoms with E-state index in [2.05, 4.69) is 77.9 Å². The third-order valence-electron chi connectivity index (χ3n) is 6.86. The Balaban J connectivity index is 1.65. The minimum Gasteiger partial charge on any atom is -0.507 e. The van der Waals surface area contributed by atoms with Crippen LogP contribution in [0.2, 0.25) is 0 Å². The smallest absolute Gasteiger partial charge is 0.157 e. The number of phenols is 1. The average Bonchev–Trinajstić information content (AvgIpc) is 2.91. The number of aromatic hydroxyl groups is 1. The summed E-state index contributed by atoms with van der Waals surface area (Å²) in [6, 6.07) is 32.1. The Morgan fingerprint density at radius 2 is 1.18 bits per heavy atom. The van der Waals surface area contributed by atoms with Gasteiger partial charge in [-0.15, -0.1) is 0 Å². The van der Waals surface area contributed by atoms with Gasteiger partial charge in [0.1, 0.15) is 11.6 Å². The molecule has 0 saturated heterocycles. The van der Waals surface area contributed by atoms with Crippen LogP contribution in [0.1, 0.15) is 69.4 Å². The number of aliphatic imine (C=N–C) groups is 2.